The number of sulfone groups is 1. The summed E-state index contributed by atoms with van der Waals surface area (Å²) in [4.78, 5) is 21.2. The first-order valence-electron chi connectivity index (χ1n) is 8.85. The lowest BCUT2D eigenvalue weighted by Crippen LogP contribution is -2.49. The molecule has 0 aliphatic carbocycles. The van der Waals surface area contributed by atoms with Gasteiger partial charge in [-0.1, -0.05) is 11.8 Å². The van der Waals surface area contributed by atoms with Crippen molar-refractivity contribution in [1.82, 2.24) is 19.4 Å². The molecule has 1 aliphatic rings. The lowest BCUT2D eigenvalue weighted by molar-refractivity contribution is 0.0635. The van der Waals surface area contributed by atoms with E-state index in [1.165, 1.54) is 30.2 Å². The molecule has 152 valence electrons. The van der Waals surface area contributed by atoms with E-state index >= 15 is 0 Å². The summed E-state index contributed by atoms with van der Waals surface area (Å²) in [5.74, 6) is -0.359. The first kappa shape index (κ1) is 20.8. The van der Waals surface area contributed by atoms with Crippen LogP contribution in [-0.4, -0.2) is 84.7 Å². The summed E-state index contributed by atoms with van der Waals surface area (Å²) in [6.45, 7) is 2.77. The Morgan fingerprint density at radius 1 is 1.18 bits per heavy atom. The topological polar surface area (TPSA) is 75.5 Å². The molecule has 1 aromatic carbocycles. The Balaban J connectivity index is 1.73. The van der Waals surface area contributed by atoms with E-state index < -0.39 is 9.84 Å². The molecule has 1 aromatic heterocycles. The molecule has 7 nitrogen and oxygen atoms in total. The molecule has 0 unspecified atom stereocenters. The number of hydrogen-bond donors (Lipinski definition) is 0. The van der Waals surface area contributed by atoms with Crippen molar-refractivity contribution in [2.45, 2.75) is 5.16 Å². The molecular formula is C18H23FN4O3S2. The maximum atomic E-state index is 13.3. The van der Waals surface area contributed by atoms with Gasteiger partial charge in [0.05, 0.1) is 11.9 Å². The van der Waals surface area contributed by atoms with Crippen molar-refractivity contribution in [2.75, 3.05) is 51.0 Å². The van der Waals surface area contributed by atoms with E-state index in [4.69, 9.17) is 0 Å². The monoisotopic (exact) mass is 426 g/mol. The van der Waals surface area contributed by atoms with Gasteiger partial charge in [0.15, 0.2) is 5.16 Å². The second-order valence-corrected chi connectivity index (χ2v) is 9.74. The molecule has 1 amide bonds. The standard InChI is InChI=1S/C18H23FN4O3S2/c1-27-18-20-13-16(23(18)15-5-3-14(19)4-6-15)17(24)22-9-7-21(8-10-22)11-12-28(2,25)26/h3-6,13H,7-12H2,1-2H3. The molecule has 0 atom stereocenters. The summed E-state index contributed by atoms with van der Waals surface area (Å²) in [5.41, 5.74) is 1.11. The zero-order chi connectivity index (χ0) is 20.3. The normalized spacial score (nSPS) is 15.8. The molecule has 0 N–H and O–H groups in total. The van der Waals surface area contributed by atoms with Crippen LogP contribution in [0.25, 0.3) is 5.69 Å². The molecule has 2 heterocycles. The molecular weight excluding hydrogens is 403 g/mol. The highest BCUT2D eigenvalue weighted by Gasteiger charge is 2.26. The second-order valence-electron chi connectivity index (χ2n) is 6.71. The highest BCUT2D eigenvalue weighted by molar-refractivity contribution is 7.98. The third-order valence-corrected chi connectivity index (χ3v) is 6.23. The summed E-state index contributed by atoms with van der Waals surface area (Å²) in [5, 5.41) is 0.654. The van der Waals surface area contributed by atoms with Crippen molar-refractivity contribution in [3.63, 3.8) is 0 Å². The lowest BCUT2D eigenvalue weighted by Gasteiger charge is -2.34. The minimum absolute atomic E-state index is 0.120. The van der Waals surface area contributed by atoms with Crippen molar-refractivity contribution in [3.05, 3.63) is 42.0 Å². The smallest absolute Gasteiger partial charge is 0.272 e. The molecule has 0 spiro atoms. The van der Waals surface area contributed by atoms with E-state index in [1.54, 1.807) is 27.8 Å². The number of carbonyl (C=O) groups is 1. The fraction of sp³-hybridized carbons (Fsp3) is 0.444. The van der Waals surface area contributed by atoms with Crippen LogP contribution in [-0.2, 0) is 9.84 Å². The predicted octanol–water partition coefficient (Wildman–Crippen LogP) is 1.54. The number of piperazine rings is 1. The Bertz CT molecular complexity index is 936. The van der Waals surface area contributed by atoms with E-state index in [0.29, 0.717) is 49.3 Å². The molecule has 1 aliphatic heterocycles. The van der Waals surface area contributed by atoms with Gasteiger partial charge in [-0.3, -0.25) is 14.3 Å². The van der Waals surface area contributed by atoms with Crippen molar-refractivity contribution < 1.29 is 17.6 Å². The van der Waals surface area contributed by atoms with Gasteiger partial charge < -0.3 is 4.90 Å². The number of imidazole rings is 1. The van der Waals surface area contributed by atoms with Crippen molar-refractivity contribution >= 4 is 27.5 Å². The average molecular weight is 427 g/mol. The van der Waals surface area contributed by atoms with Gasteiger partial charge in [-0.15, -0.1) is 0 Å². The molecule has 10 heteroatoms. The zero-order valence-electron chi connectivity index (χ0n) is 15.8. The van der Waals surface area contributed by atoms with Crippen LogP contribution in [0, 0.1) is 5.82 Å². The van der Waals surface area contributed by atoms with Gasteiger partial charge in [0, 0.05) is 44.7 Å². The lowest BCUT2D eigenvalue weighted by atomic mass is 10.2. The number of amides is 1. The van der Waals surface area contributed by atoms with Crippen molar-refractivity contribution in [1.29, 1.82) is 0 Å². The molecule has 2 aromatic rings. The van der Waals surface area contributed by atoms with Crippen LogP contribution in [0.2, 0.25) is 0 Å². The molecule has 3 rings (SSSR count). The number of carbonyl (C=O) groups excluding carboxylic acids is 1. The van der Waals surface area contributed by atoms with Gasteiger partial charge in [0.1, 0.15) is 21.3 Å². The van der Waals surface area contributed by atoms with Gasteiger partial charge in [-0.25, -0.2) is 17.8 Å². The number of thioether (sulfide) groups is 1. The maximum absolute atomic E-state index is 13.3. The quantitative estimate of drug-likeness (QED) is 0.653. The summed E-state index contributed by atoms with van der Waals surface area (Å²) in [7, 11) is -3.00. The minimum Gasteiger partial charge on any atom is -0.335 e. The first-order chi connectivity index (χ1) is 13.3. The SMILES string of the molecule is CSc1ncc(C(=O)N2CCN(CCS(C)(=O)=O)CC2)n1-c1ccc(F)cc1. The third-order valence-electron chi connectivity index (χ3n) is 4.65. The fourth-order valence-electron chi connectivity index (χ4n) is 3.10. The largest absolute Gasteiger partial charge is 0.335 e. The molecule has 1 saturated heterocycles. The fourth-order valence-corrected chi connectivity index (χ4v) is 4.24. The number of hydrogen-bond acceptors (Lipinski definition) is 6. The molecule has 1 fully saturated rings. The van der Waals surface area contributed by atoms with E-state index in [1.807, 2.05) is 6.26 Å². The Labute approximate surface area is 168 Å². The zero-order valence-corrected chi connectivity index (χ0v) is 17.5. The van der Waals surface area contributed by atoms with Gasteiger partial charge in [-0.05, 0) is 30.5 Å². The van der Waals surface area contributed by atoms with Crippen LogP contribution in [0.4, 0.5) is 4.39 Å². The molecule has 0 radical (unpaired) electrons. The molecule has 0 bridgehead atoms. The van der Waals surface area contributed by atoms with Gasteiger partial charge in [0.25, 0.3) is 5.91 Å². The van der Waals surface area contributed by atoms with Crippen LogP contribution < -0.4 is 0 Å². The number of nitrogens with zero attached hydrogens (tertiary/aromatic N) is 4. The molecule has 0 saturated carbocycles. The number of benzene rings is 1. The summed E-state index contributed by atoms with van der Waals surface area (Å²) in [6.07, 6.45) is 4.65. The van der Waals surface area contributed by atoms with Crippen molar-refractivity contribution in [2.24, 2.45) is 0 Å². The number of rotatable bonds is 6. The maximum Gasteiger partial charge on any atom is 0.272 e. The van der Waals surface area contributed by atoms with Gasteiger partial charge in [0.2, 0.25) is 0 Å². The van der Waals surface area contributed by atoms with Gasteiger partial charge in [-0.2, -0.15) is 0 Å². The Morgan fingerprint density at radius 2 is 1.82 bits per heavy atom. The Morgan fingerprint density at radius 3 is 2.39 bits per heavy atom. The third kappa shape index (κ3) is 4.92. The highest BCUT2D eigenvalue weighted by Crippen LogP contribution is 2.23. The summed E-state index contributed by atoms with van der Waals surface area (Å²) in [6, 6.07) is 5.95. The predicted molar refractivity (Wildman–Crippen MR) is 107 cm³/mol. The van der Waals surface area contributed by atoms with E-state index in [-0.39, 0.29) is 17.5 Å². The average Bonchev–Trinajstić information content (AvgIpc) is 3.10. The summed E-state index contributed by atoms with van der Waals surface area (Å²) < 4.78 is 37.7. The number of aromatic nitrogens is 2. The van der Waals surface area contributed by atoms with Crippen LogP contribution >= 0.6 is 11.8 Å². The minimum atomic E-state index is -3.00. The summed E-state index contributed by atoms with van der Waals surface area (Å²) >= 11 is 1.41. The first-order valence-corrected chi connectivity index (χ1v) is 12.1. The molecule has 28 heavy (non-hydrogen) atoms. The van der Waals surface area contributed by atoms with Crippen LogP contribution in [0.5, 0.6) is 0 Å². The van der Waals surface area contributed by atoms with E-state index in [2.05, 4.69) is 9.88 Å². The van der Waals surface area contributed by atoms with Crippen molar-refractivity contribution in [3.8, 4) is 5.69 Å². The second kappa shape index (κ2) is 8.62. The Kier molecular flexibility index (Phi) is 6.41. The van der Waals surface area contributed by atoms with Gasteiger partial charge >= 0.3 is 0 Å². The highest BCUT2D eigenvalue weighted by atomic mass is 32.2. The van der Waals surface area contributed by atoms with Crippen LogP contribution in [0.3, 0.4) is 0 Å². The Hall–Kier alpha value is -1.91. The van der Waals surface area contributed by atoms with E-state index in [0.717, 1.165) is 0 Å². The number of halogens is 1. The van der Waals surface area contributed by atoms with Crippen LogP contribution in [0.1, 0.15) is 10.5 Å². The van der Waals surface area contributed by atoms with E-state index in [9.17, 15) is 17.6 Å². The van der Waals surface area contributed by atoms with Crippen LogP contribution in [0.15, 0.2) is 35.6 Å².